The number of nitrogens with zero attached hydrogens (tertiary/aromatic N) is 4. The number of benzene rings is 1. The van der Waals surface area contributed by atoms with Crippen LogP contribution in [-0.2, 0) is 24.2 Å². The average molecular weight is 391 g/mol. The second-order valence-electron chi connectivity index (χ2n) is 7.27. The third kappa shape index (κ3) is 4.62. The van der Waals surface area contributed by atoms with Crippen LogP contribution in [0.4, 0.5) is 0 Å². The van der Waals surface area contributed by atoms with Crippen LogP contribution in [0.25, 0.3) is 11.4 Å². The number of pyridine rings is 1. The molecular formula is C22H25N5O2. The summed E-state index contributed by atoms with van der Waals surface area (Å²) in [4.78, 5) is 16.6. The van der Waals surface area contributed by atoms with Crippen molar-refractivity contribution in [2.45, 2.75) is 44.7 Å². The third-order valence-electron chi connectivity index (χ3n) is 5.33. The summed E-state index contributed by atoms with van der Waals surface area (Å²) < 4.78 is 7.32. The molecule has 0 saturated heterocycles. The SMILES string of the molecule is COc1ccc(CCC(=O)NC2CCc3nnc(-c4cccnc4)n3CC2)cc1. The van der Waals surface area contributed by atoms with Gasteiger partial charge in [0.15, 0.2) is 5.82 Å². The topological polar surface area (TPSA) is 81.9 Å². The van der Waals surface area contributed by atoms with Crippen LogP contribution in [-0.4, -0.2) is 38.8 Å². The zero-order chi connectivity index (χ0) is 20.1. The molecular weight excluding hydrogens is 366 g/mol. The van der Waals surface area contributed by atoms with Gasteiger partial charge >= 0.3 is 0 Å². The summed E-state index contributed by atoms with van der Waals surface area (Å²) >= 11 is 0. The Kier molecular flexibility index (Phi) is 5.84. The minimum Gasteiger partial charge on any atom is -0.497 e. The molecule has 4 rings (SSSR count). The van der Waals surface area contributed by atoms with Crippen molar-refractivity contribution in [2.75, 3.05) is 7.11 Å². The first-order valence-electron chi connectivity index (χ1n) is 9.97. The molecule has 1 aliphatic rings. The molecule has 0 bridgehead atoms. The normalized spacial score (nSPS) is 16.0. The van der Waals surface area contributed by atoms with Gasteiger partial charge in [-0.15, -0.1) is 10.2 Å². The predicted molar refractivity (Wildman–Crippen MR) is 109 cm³/mol. The van der Waals surface area contributed by atoms with Crippen LogP contribution in [0.15, 0.2) is 48.8 Å². The molecule has 1 N–H and O–H groups in total. The van der Waals surface area contributed by atoms with Crippen LogP contribution in [0.1, 0.15) is 30.7 Å². The lowest BCUT2D eigenvalue weighted by atomic mass is 10.1. The van der Waals surface area contributed by atoms with Crippen LogP contribution in [0.5, 0.6) is 5.75 Å². The highest BCUT2D eigenvalue weighted by Crippen LogP contribution is 2.22. The van der Waals surface area contributed by atoms with Gasteiger partial charge < -0.3 is 14.6 Å². The van der Waals surface area contributed by atoms with Crippen molar-refractivity contribution in [1.29, 1.82) is 0 Å². The number of fused-ring (bicyclic) bond motifs is 1. The molecule has 1 aliphatic heterocycles. The molecule has 3 aromatic rings. The van der Waals surface area contributed by atoms with Gasteiger partial charge in [-0.05, 0) is 49.1 Å². The van der Waals surface area contributed by atoms with Crippen molar-refractivity contribution in [1.82, 2.24) is 25.1 Å². The third-order valence-corrected chi connectivity index (χ3v) is 5.33. The Bertz CT molecular complexity index is 953. The maximum Gasteiger partial charge on any atom is 0.220 e. The lowest BCUT2D eigenvalue weighted by Crippen LogP contribution is -2.35. The number of rotatable bonds is 6. The Labute approximate surface area is 170 Å². The van der Waals surface area contributed by atoms with E-state index < -0.39 is 0 Å². The van der Waals surface area contributed by atoms with Gasteiger partial charge in [0.05, 0.1) is 7.11 Å². The monoisotopic (exact) mass is 391 g/mol. The standard InChI is InChI=1S/C22H25N5O2/c1-29-19-8-4-16(5-9-19)6-11-21(28)24-18-7-10-20-25-26-22(27(20)14-12-18)17-3-2-13-23-15-17/h2-5,8-9,13,15,18H,6-7,10-12,14H2,1H3,(H,24,28). The van der Waals surface area contributed by atoms with Gasteiger partial charge in [-0.2, -0.15) is 0 Å². The number of methoxy groups -OCH3 is 1. The summed E-state index contributed by atoms with van der Waals surface area (Å²) in [7, 11) is 1.65. The van der Waals surface area contributed by atoms with E-state index in [-0.39, 0.29) is 11.9 Å². The van der Waals surface area contributed by atoms with E-state index in [0.717, 1.165) is 60.8 Å². The highest BCUT2D eigenvalue weighted by atomic mass is 16.5. The molecule has 3 heterocycles. The van der Waals surface area contributed by atoms with Gasteiger partial charge in [-0.1, -0.05) is 12.1 Å². The van der Waals surface area contributed by atoms with E-state index in [1.807, 2.05) is 36.4 Å². The fourth-order valence-electron chi connectivity index (χ4n) is 3.69. The number of hydrogen-bond acceptors (Lipinski definition) is 5. The van der Waals surface area contributed by atoms with Gasteiger partial charge in [0.2, 0.25) is 5.91 Å². The van der Waals surface area contributed by atoms with Gasteiger partial charge in [0.25, 0.3) is 0 Å². The fourth-order valence-corrected chi connectivity index (χ4v) is 3.69. The first-order chi connectivity index (χ1) is 14.2. The molecule has 2 aromatic heterocycles. The van der Waals surface area contributed by atoms with Crippen molar-refractivity contribution in [3.63, 3.8) is 0 Å². The largest absolute Gasteiger partial charge is 0.497 e. The lowest BCUT2D eigenvalue weighted by molar-refractivity contribution is -0.121. The summed E-state index contributed by atoms with van der Waals surface area (Å²) in [6.07, 6.45) is 7.30. The minimum absolute atomic E-state index is 0.0935. The zero-order valence-electron chi connectivity index (χ0n) is 16.5. The first-order valence-corrected chi connectivity index (χ1v) is 9.97. The fraction of sp³-hybridized carbons (Fsp3) is 0.364. The van der Waals surface area contributed by atoms with E-state index in [2.05, 4.69) is 25.1 Å². The molecule has 1 atom stereocenters. The van der Waals surface area contributed by atoms with Crippen LogP contribution >= 0.6 is 0 Å². The molecule has 29 heavy (non-hydrogen) atoms. The van der Waals surface area contributed by atoms with Crippen molar-refractivity contribution >= 4 is 5.91 Å². The van der Waals surface area contributed by atoms with E-state index in [9.17, 15) is 4.79 Å². The molecule has 0 spiro atoms. The number of aromatic nitrogens is 4. The molecule has 7 heteroatoms. The molecule has 0 fully saturated rings. The summed E-state index contributed by atoms with van der Waals surface area (Å²) in [5.74, 6) is 2.74. The molecule has 150 valence electrons. The highest BCUT2D eigenvalue weighted by Gasteiger charge is 2.22. The zero-order valence-corrected chi connectivity index (χ0v) is 16.5. The minimum atomic E-state index is 0.0935. The Balaban J connectivity index is 1.31. The summed E-state index contributed by atoms with van der Waals surface area (Å²) in [6, 6.07) is 11.9. The number of hydrogen-bond donors (Lipinski definition) is 1. The van der Waals surface area contributed by atoms with E-state index in [1.165, 1.54) is 0 Å². The molecule has 7 nitrogen and oxygen atoms in total. The van der Waals surface area contributed by atoms with E-state index >= 15 is 0 Å². The van der Waals surface area contributed by atoms with Gasteiger partial charge in [0, 0.05) is 43.4 Å². The summed E-state index contributed by atoms with van der Waals surface area (Å²) in [5.41, 5.74) is 2.10. The Morgan fingerprint density at radius 1 is 1.21 bits per heavy atom. The Morgan fingerprint density at radius 3 is 2.83 bits per heavy atom. The molecule has 1 unspecified atom stereocenters. The predicted octanol–water partition coefficient (Wildman–Crippen LogP) is 2.80. The number of aryl methyl sites for hydroxylation is 2. The number of nitrogens with one attached hydrogen (secondary N) is 1. The van der Waals surface area contributed by atoms with Crippen LogP contribution < -0.4 is 10.1 Å². The number of ether oxygens (including phenoxy) is 1. The van der Waals surface area contributed by atoms with Gasteiger partial charge in [-0.3, -0.25) is 9.78 Å². The lowest BCUT2D eigenvalue weighted by Gasteiger charge is -2.16. The Morgan fingerprint density at radius 2 is 2.07 bits per heavy atom. The van der Waals surface area contributed by atoms with Gasteiger partial charge in [-0.25, -0.2) is 0 Å². The average Bonchev–Trinajstić information content (AvgIpc) is 3.07. The molecule has 0 saturated carbocycles. The Hall–Kier alpha value is -3.22. The van der Waals surface area contributed by atoms with E-state index in [4.69, 9.17) is 4.74 Å². The summed E-state index contributed by atoms with van der Waals surface area (Å²) in [6.45, 7) is 0.788. The van der Waals surface area contributed by atoms with Crippen molar-refractivity contribution in [2.24, 2.45) is 0 Å². The van der Waals surface area contributed by atoms with Crippen LogP contribution in [0, 0.1) is 0 Å². The molecule has 1 amide bonds. The number of amides is 1. The molecule has 1 aromatic carbocycles. The summed E-state index contributed by atoms with van der Waals surface area (Å²) in [5, 5.41) is 11.9. The van der Waals surface area contributed by atoms with Crippen LogP contribution in [0.2, 0.25) is 0 Å². The second-order valence-corrected chi connectivity index (χ2v) is 7.27. The van der Waals surface area contributed by atoms with Crippen molar-refractivity contribution in [3.05, 3.63) is 60.2 Å². The quantitative estimate of drug-likeness (QED) is 0.699. The van der Waals surface area contributed by atoms with Crippen molar-refractivity contribution < 1.29 is 9.53 Å². The van der Waals surface area contributed by atoms with E-state index in [1.54, 1.807) is 19.5 Å². The van der Waals surface area contributed by atoms with Crippen molar-refractivity contribution in [3.8, 4) is 17.1 Å². The maximum atomic E-state index is 12.4. The van der Waals surface area contributed by atoms with Crippen LogP contribution in [0.3, 0.4) is 0 Å². The highest BCUT2D eigenvalue weighted by molar-refractivity contribution is 5.76. The molecule has 0 aliphatic carbocycles. The second kappa shape index (κ2) is 8.86. The smallest absolute Gasteiger partial charge is 0.220 e. The number of carbonyl (C=O) groups excluding carboxylic acids is 1. The first kappa shape index (κ1) is 19.1. The maximum absolute atomic E-state index is 12.4. The van der Waals surface area contributed by atoms with E-state index in [0.29, 0.717) is 6.42 Å². The number of carbonyl (C=O) groups is 1. The molecule has 0 radical (unpaired) electrons. The van der Waals surface area contributed by atoms with Gasteiger partial charge in [0.1, 0.15) is 11.6 Å².